The van der Waals surface area contributed by atoms with E-state index in [1.54, 1.807) is 67.2 Å². The quantitative estimate of drug-likeness (QED) is 0.0849. The molecule has 0 aliphatic carbocycles. The van der Waals surface area contributed by atoms with Crippen LogP contribution in [0.1, 0.15) is 72.4 Å². The number of benzene rings is 9. The third-order valence-corrected chi connectivity index (χ3v) is 13.6. The van der Waals surface area contributed by atoms with Gasteiger partial charge in [-0.1, -0.05) is 192 Å². The van der Waals surface area contributed by atoms with Crippen LogP contribution in [0.3, 0.4) is 0 Å². The maximum atomic E-state index is 4.72. The predicted octanol–water partition coefficient (Wildman–Crippen LogP) is 18.5. The van der Waals surface area contributed by atoms with Gasteiger partial charge in [0, 0.05) is 121 Å². The van der Waals surface area contributed by atoms with Gasteiger partial charge in [0.05, 0.1) is 92.1 Å². The zero-order valence-corrected chi connectivity index (χ0v) is 63.3. The van der Waals surface area contributed by atoms with Crippen LogP contribution in [0.2, 0.25) is 54.6 Å². The van der Waals surface area contributed by atoms with Crippen LogP contribution in [0.5, 0.6) is 0 Å². The smallest absolute Gasteiger partial charge is 0.0931 e. The van der Waals surface area contributed by atoms with E-state index in [-0.39, 0.29) is 22.3 Å². The molecule has 2 aliphatic rings. The van der Waals surface area contributed by atoms with Gasteiger partial charge in [0.15, 0.2) is 0 Å². The standard InChI is InChI=1S/C11H10.C10H11N.C9H9N.2C8H8N2.C8H9N.C8H7N.C8H10.8CH3B2.3CH4/c1-9-5-4-7-10-6-2-3-8-11(9)10;1-7-4-3-5-10-9(7)6-8(2)11-10;1-7-3-2-4-9-8(7)5-6-10-9;2*1-6-3-2-4-7-8(6)10-5-9-7;2*1-2-4-8-7(3-1)5-6-9-8;1-7-4-3-5-8(2)6-7;8*1-3-2;;;/h2-8H,1H3;3-5,11H,2,6H2,1H3;2-6,10H,1H3;2*2-5H,1H3,(H,9,10);1-4,9H,5-6H2;1-6,9H;3-6H,1-2H3;8*1H3;3*1H4. The highest BCUT2D eigenvalue weighted by molar-refractivity contribution is 6.90. The number of aromatic amines is 4. The number of aryl methyl sites for hydroxylation is 7. The fraction of sp³-hybridized carbons (Fsp3) is 0.259. The number of hydrogen-bond donors (Lipinski definition) is 6. The summed E-state index contributed by atoms with van der Waals surface area (Å²) in [4.78, 5) is 20.7. The van der Waals surface area contributed by atoms with E-state index in [9.17, 15) is 0 Å². The van der Waals surface area contributed by atoms with Gasteiger partial charge in [0.2, 0.25) is 0 Å². The average Bonchev–Trinajstić information content (AvgIpc) is 1.79. The number of hydrogen-bond acceptors (Lipinski definition) is 4. The Morgan fingerprint density at radius 2 is 0.724 bits per heavy atom. The van der Waals surface area contributed by atoms with Gasteiger partial charge in [-0.3, -0.25) is 0 Å². The maximum Gasteiger partial charge on any atom is 0.0931 e. The summed E-state index contributed by atoms with van der Waals surface area (Å²) in [6.07, 6.45) is 9.54. The average molecular weight is 1370 g/mol. The van der Waals surface area contributed by atoms with Crippen LogP contribution in [-0.2, 0) is 12.8 Å². The lowest BCUT2D eigenvalue weighted by Crippen LogP contribution is -1.90. The Labute approximate surface area is 653 Å². The summed E-state index contributed by atoms with van der Waals surface area (Å²) in [6, 6.07) is 68.9. The number of nitrogens with zero attached hydrogens (tertiary/aromatic N) is 2. The summed E-state index contributed by atoms with van der Waals surface area (Å²) in [7, 11) is 49.8. The molecule has 2 aliphatic heterocycles. The molecule has 8 nitrogen and oxygen atoms in total. The summed E-state index contributed by atoms with van der Waals surface area (Å²) in [6.45, 7) is 34.0. The predicted molar refractivity (Wildman–Crippen MR) is 493 cm³/mol. The lowest BCUT2D eigenvalue weighted by atomic mass is 9.59. The van der Waals surface area contributed by atoms with Gasteiger partial charge in [-0.2, -0.15) is 0 Å². The Morgan fingerprint density at radius 1 is 0.352 bits per heavy atom. The number of allylic oxidation sites excluding steroid dienone is 1. The van der Waals surface area contributed by atoms with Crippen LogP contribution in [0, 0.1) is 48.5 Å². The molecule has 24 radical (unpaired) electrons. The number of H-pyrrole nitrogens is 4. The normalized spacial score (nSPS) is 9.42. The molecular formula is C81H108B16N8. The van der Waals surface area contributed by atoms with Crippen LogP contribution < -0.4 is 10.6 Å². The van der Waals surface area contributed by atoms with E-state index >= 15 is 0 Å². The van der Waals surface area contributed by atoms with Gasteiger partial charge in [-0.25, -0.2) is 9.97 Å². The van der Waals surface area contributed by atoms with E-state index in [2.05, 4.69) is 259 Å². The molecule has 0 spiro atoms. The Balaban J connectivity index is -0.000000530. The highest BCUT2D eigenvalue weighted by atomic mass is 14.9. The maximum absolute atomic E-state index is 4.72. The van der Waals surface area contributed by atoms with Crippen molar-refractivity contribution in [1.82, 2.24) is 29.9 Å². The molecule has 6 heterocycles. The molecule has 6 N–H and O–H groups in total. The van der Waals surface area contributed by atoms with E-state index in [1.165, 1.54) is 158 Å². The van der Waals surface area contributed by atoms with Crippen molar-refractivity contribution in [3.8, 4) is 0 Å². The monoisotopic (exact) mass is 1370 g/mol. The number of rotatable bonds is 0. The first-order valence-electron chi connectivity index (χ1n) is 33.9. The summed E-state index contributed by atoms with van der Waals surface area (Å²) in [5.74, 6) is 0. The third kappa shape index (κ3) is 43.6. The van der Waals surface area contributed by atoms with Crippen molar-refractivity contribution < 1.29 is 0 Å². The Hall–Kier alpha value is -8.36. The molecular weight excluding hydrogens is 1260 g/mol. The summed E-state index contributed by atoms with van der Waals surface area (Å²) < 4.78 is 0. The number of fused-ring (bicyclic) bond motifs is 7. The first-order chi connectivity index (χ1) is 49.3. The topological polar surface area (TPSA) is 113 Å². The van der Waals surface area contributed by atoms with Crippen LogP contribution in [-0.4, -0.2) is 156 Å². The second-order valence-electron chi connectivity index (χ2n) is 22.3. The van der Waals surface area contributed by atoms with Gasteiger partial charge in [-0.05, 0) is 159 Å². The SMILES string of the molecule is C.C.C.C=C1Cc2c(C)cccc2N1.Cc1cccc(C)c1.Cc1cccc2[nH]ccc12.Cc1cccc2[nH]cnc12.Cc1cccc2[nH]cnc12.Cc1cccc2ccccc12.[B][B]C.[B][B]C.[B][B]C.[B][B]C.[B][B]C.[B][B]C.[B][B]C.[B][B]C.c1ccc2[nH]ccc2c1.c1ccc2c(c1)CCN2. The van der Waals surface area contributed by atoms with Crippen molar-refractivity contribution in [2.75, 3.05) is 17.2 Å². The van der Waals surface area contributed by atoms with E-state index in [1.807, 2.05) is 48.8 Å². The zero-order chi connectivity index (χ0) is 76.3. The third-order valence-electron chi connectivity index (χ3n) is 13.6. The highest BCUT2D eigenvalue weighted by Crippen LogP contribution is 2.29. The summed E-state index contributed by atoms with van der Waals surface area (Å²) in [5, 5.41) is 11.8. The number of aromatic nitrogens is 6. The summed E-state index contributed by atoms with van der Waals surface area (Å²) >= 11 is 0. The van der Waals surface area contributed by atoms with Crippen LogP contribution in [0.15, 0.2) is 238 Å². The molecule has 0 amide bonds. The lowest BCUT2D eigenvalue weighted by molar-refractivity contribution is 1.11. The Kier molecular flexibility index (Phi) is 65.1. The van der Waals surface area contributed by atoms with Crippen molar-refractivity contribution in [3.63, 3.8) is 0 Å². The van der Waals surface area contributed by atoms with E-state index in [4.69, 9.17) is 61.9 Å². The van der Waals surface area contributed by atoms with Crippen LogP contribution >= 0.6 is 0 Å². The molecule has 13 aromatic rings. The number of nitrogens with one attached hydrogen (secondary N) is 6. The summed E-state index contributed by atoms with van der Waals surface area (Å²) in [5.41, 5.74) is 22.5. The molecule has 0 saturated carbocycles. The first-order valence-corrected chi connectivity index (χ1v) is 33.9. The van der Waals surface area contributed by atoms with Crippen molar-refractivity contribution in [2.24, 2.45) is 0 Å². The molecule has 4 aromatic heterocycles. The molecule has 0 fully saturated rings. The van der Waals surface area contributed by atoms with Crippen molar-refractivity contribution in [1.29, 1.82) is 0 Å². The second kappa shape index (κ2) is 66.3. The fourth-order valence-electron chi connectivity index (χ4n) is 9.40. The highest BCUT2D eigenvalue weighted by Gasteiger charge is 2.14. The van der Waals surface area contributed by atoms with Gasteiger partial charge in [-0.15, -0.1) is 54.6 Å². The van der Waals surface area contributed by atoms with Gasteiger partial charge < -0.3 is 30.6 Å². The fourth-order valence-corrected chi connectivity index (χ4v) is 9.40. The molecule has 0 atom stereocenters. The van der Waals surface area contributed by atoms with Gasteiger partial charge in [0.1, 0.15) is 0 Å². The van der Waals surface area contributed by atoms with Crippen molar-refractivity contribution in [3.05, 3.63) is 288 Å². The molecule has 0 unspecified atom stereocenters. The molecule has 0 saturated heterocycles. The molecule has 105 heavy (non-hydrogen) atoms. The largest absolute Gasteiger partial charge is 0.384 e. The van der Waals surface area contributed by atoms with Gasteiger partial charge >= 0.3 is 0 Å². The lowest BCUT2D eigenvalue weighted by Gasteiger charge is -2.00. The van der Waals surface area contributed by atoms with Crippen molar-refractivity contribution >= 4 is 185 Å². The number of imidazole rings is 2. The van der Waals surface area contributed by atoms with Crippen molar-refractivity contribution in [2.45, 2.75) is 138 Å². The molecule has 0 bridgehead atoms. The van der Waals surface area contributed by atoms with E-state index in [0.717, 1.165) is 40.7 Å². The second-order valence-corrected chi connectivity index (χ2v) is 22.3. The van der Waals surface area contributed by atoms with E-state index in [0.29, 0.717) is 0 Å². The minimum absolute atomic E-state index is 0. The van der Waals surface area contributed by atoms with E-state index < -0.39 is 0 Å². The molecule has 520 valence electrons. The first kappa shape index (κ1) is 103. The van der Waals surface area contributed by atoms with Crippen LogP contribution in [0.4, 0.5) is 11.4 Å². The van der Waals surface area contributed by atoms with Crippen LogP contribution in [0.25, 0.3) is 54.6 Å². The zero-order valence-electron chi connectivity index (χ0n) is 63.3. The number of anilines is 2. The molecule has 15 rings (SSSR count). The molecule has 24 heteroatoms. The minimum Gasteiger partial charge on any atom is -0.384 e. The van der Waals surface area contributed by atoms with Gasteiger partial charge in [0.25, 0.3) is 0 Å². The number of para-hydroxylation sites is 4. The minimum atomic E-state index is 0. The Morgan fingerprint density at radius 3 is 1.18 bits per heavy atom. The molecule has 9 aromatic carbocycles. The Bertz CT molecular complexity index is 3930.